The summed E-state index contributed by atoms with van der Waals surface area (Å²) in [6.07, 6.45) is 1.23. The van der Waals surface area contributed by atoms with Crippen LogP contribution >= 0.6 is 0 Å². The Kier molecular flexibility index (Phi) is 5.03. The van der Waals surface area contributed by atoms with E-state index in [2.05, 4.69) is 37.6 Å². The van der Waals surface area contributed by atoms with Crippen molar-refractivity contribution in [2.45, 2.75) is 39.3 Å². The standard InChI is InChI=1S/C12H27N3/c1-10(2)7-12(8-13)15-6-5-14(4)9-11(15)3/h10-12H,5-9,13H2,1-4H3. The van der Waals surface area contributed by atoms with Crippen molar-refractivity contribution in [2.24, 2.45) is 11.7 Å². The molecule has 1 fully saturated rings. The van der Waals surface area contributed by atoms with Crippen LogP contribution in [-0.2, 0) is 0 Å². The Morgan fingerprint density at radius 1 is 1.33 bits per heavy atom. The van der Waals surface area contributed by atoms with E-state index < -0.39 is 0 Å². The summed E-state index contributed by atoms with van der Waals surface area (Å²) in [5.74, 6) is 0.741. The van der Waals surface area contributed by atoms with Gasteiger partial charge >= 0.3 is 0 Å². The van der Waals surface area contributed by atoms with E-state index in [0.29, 0.717) is 12.1 Å². The number of rotatable bonds is 4. The Hall–Kier alpha value is -0.120. The van der Waals surface area contributed by atoms with Crippen LogP contribution in [-0.4, -0.2) is 55.1 Å². The minimum Gasteiger partial charge on any atom is -0.329 e. The van der Waals surface area contributed by atoms with Crippen LogP contribution in [0.2, 0.25) is 0 Å². The number of likely N-dealkylation sites (N-methyl/N-ethyl adjacent to an activating group) is 1. The van der Waals surface area contributed by atoms with E-state index in [-0.39, 0.29) is 0 Å². The van der Waals surface area contributed by atoms with Gasteiger partial charge < -0.3 is 10.6 Å². The average molecular weight is 213 g/mol. The summed E-state index contributed by atoms with van der Waals surface area (Å²) in [5.41, 5.74) is 5.89. The van der Waals surface area contributed by atoms with E-state index in [4.69, 9.17) is 5.73 Å². The third-order valence-electron chi connectivity index (χ3n) is 3.37. The minimum atomic E-state index is 0.578. The van der Waals surface area contributed by atoms with Crippen LogP contribution in [0.15, 0.2) is 0 Å². The Bertz CT molecular complexity index is 182. The molecule has 1 saturated heterocycles. The maximum absolute atomic E-state index is 5.89. The zero-order valence-corrected chi connectivity index (χ0v) is 10.7. The molecule has 0 amide bonds. The van der Waals surface area contributed by atoms with Crippen molar-refractivity contribution in [3.05, 3.63) is 0 Å². The van der Waals surface area contributed by atoms with Crippen molar-refractivity contribution in [1.82, 2.24) is 9.80 Å². The predicted octanol–water partition coefficient (Wildman–Crippen LogP) is 0.996. The zero-order chi connectivity index (χ0) is 11.4. The molecule has 0 aromatic carbocycles. The van der Waals surface area contributed by atoms with Gasteiger partial charge in [0.25, 0.3) is 0 Å². The van der Waals surface area contributed by atoms with Gasteiger partial charge in [0, 0.05) is 38.3 Å². The van der Waals surface area contributed by atoms with Crippen molar-refractivity contribution >= 4 is 0 Å². The third-order valence-corrected chi connectivity index (χ3v) is 3.37. The average Bonchev–Trinajstić information content (AvgIpc) is 2.14. The lowest BCUT2D eigenvalue weighted by molar-refractivity contribution is 0.0558. The van der Waals surface area contributed by atoms with Gasteiger partial charge in [-0.2, -0.15) is 0 Å². The predicted molar refractivity (Wildman–Crippen MR) is 66.0 cm³/mol. The molecule has 2 atom stereocenters. The molecule has 3 heteroatoms. The highest BCUT2D eigenvalue weighted by Gasteiger charge is 2.27. The van der Waals surface area contributed by atoms with Gasteiger partial charge in [0.15, 0.2) is 0 Å². The van der Waals surface area contributed by atoms with Crippen LogP contribution in [0.25, 0.3) is 0 Å². The molecule has 1 heterocycles. The highest BCUT2D eigenvalue weighted by Crippen LogP contribution is 2.17. The fraction of sp³-hybridized carbons (Fsp3) is 1.00. The lowest BCUT2D eigenvalue weighted by Crippen LogP contribution is -2.56. The van der Waals surface area contributed by atoms with Crippen molar-refractivity contribution in [1.29, 1.82) is 0 Å². The molecule has 0 aromatic heterocycles. The van der Waals surface area contributed by atoms with Gasteiger partial charge in [-0.3, -0.25) is 4.90 Å². The maximum atomic E-state index is 5.89. The smallest absolute Gasteiger partial charge is 0.0224 e. The molecule has 15 heavy (non-hydrogen) atoms. The lowest BCUT2D eigenvalue weighted by atomic mass is 10.00. The van der Waals surface area contributed by atoms with Crippen LogP contribution < -0.4 is 5.73 Å². The fourth-order valence-electron chi connectivity index (χ4n) is 2.61. The highest BCUT2D eigenvalue weighted by atomic mass is 15.3. The summed E-state index contributed by atoms with van der Waals surface area (Å²) >= 11 is 0. The van der Waals surface area contributed by atoms with Crippen LogP contribution in [0.1, 0.15) is 27.2 Å². The largest absolute Gasteiger partial charge is 0.329 e. The van der Waals surface area contributed by atoms with Crippen molar-refractivity contribution in [3.63, 3.8) is 0 Å². The first-order valence-electron chi connectivity index (χ1n) is 6.19. The van der Waals surface area contributed by atoms with Crippen molar-refractivity contribution in [3.8, 4) is 0 Å². The molecule has 0 aromatic rings. The summed E-state index contributed by atoms with van der Waals surface area (Å²) in [6.45, 7) is 11.2. The second kappa shape index (κ2) is 5.83. The van der Waals surface area contributed by atoms with Gasteiger partial charge in [0.1, 0.15) is 0 Å². The van der Waals surface area contributed by atoms with Gasteiger partial charge in [-0.1, -0.05) is 13.8 Å². The molecule has 1 aliphatic rings. The van der Waals surface area contributed by atoms with E-state index in [1.807, 2.05) is 0 Å². The van der Waals surface area contributed by atoms with Gasteiger partial charge in [0.05, 0.1) is 0 Å². The molecule has 90 valence electrons. The first-order valence-corrected chi connectivity index (χ1v) is 6.19. The zero-order valence-electron chi connectivity index (χ0n) is 10.7. The summed E-state index contributed by atoms with van der Waals surface area (Å²) in [5, 5.41) is 0. The van der Waals surface area contributed by atoms with Gasteiger partial charge in [-0.05, 0) is 26.3 Å². The Balaban J connectivity index is 2.52. The molecule has 0 bridgehead atoms. The monoisotopic (exact) mass is 213 g/mol. The number of nitrogens with zero attached hydrogens (tertiary/aromatic N) is 2. The van der Waals surface area contributed by atoms with Crippen LogP contribution in [0, 0.1) is 5.92 Å². The normalized spacial score (nSPS) is 27.2. The van der Waals surface area contributed by atoms with Crippen molar-refractivity contribution < 1.29 is 0 Å². The number of hydrogen-bond acceptors (Lipinski definition) is 3. The molecular formula is C12H27N3. The first-order chi connectivity index (χ1) is 7.04. The van der Waals surface area contributed by atoms with Gasteiger partial charge in [0.2, 0.25) is 0 Å². The van der Waals surface area contributed by atoms with E-state index in [1.165, 1.54) is 26.1 Å². The SMILES string of the molecule is CC(C)CC(CN)N1CCN(C)CC1C. The first kappa shape index (κ1) is 12.9. The van der Waals surface area contributed by atoms with Crippen LogP contribution in [0.3, 0.4) is 0 Å². The minimum absolute atomic E-state index is 0.578. The van der Waals surface area contributed by atoms with Gasteiger partial charge in [-0.25, -0.2) is 0 Å². The summed E-state index contributed by atoms with van der Waals surface area (Å²) in [4.78, 5) is 5.00. The third kappa shape index (κ3) is 3.74. The van der Waals surface area contributed by atoms with Crippen molar-refractivity contribution in [2.75, 3.05) is 33.2 Å². The van der Waals surface area contributed by atoms with E-state index in [0.717, 1.165) is 12.5 Å². The molecule has 0 radical (unpaired) electrons. The Labute approximate surface area is 94.6 Å². The molecule has 2 N–H and O–H groups in total. The Morgan fingerprint density at radius 3 is 2.47 bits per heavy atom. The molecule has 0 saturated carbocycles. The van der Waals surface area contributed by atoms with E-state index in [9.17, 15) is 0 Å². The number of piperazine rings is 1. The summed E-state index contributed by atoms with van der Waals surface area (Å²) in [7, 11) is 2.20. The molecule has 0 spiro atoms. The second-order valence-electron chi connectivity index (χ2n) is 5.37. The van der Waals surface area contributed by atoms with E-state index >= 15 is 0 Å². The Morgan fingerprint density at radius 2 is 2.00 bits per heavy atom. The number of nitrogens with two attached hydrogens (primary N) is 1. The fourth-order valence-corrected chi connectivity index (χ4v) is 2.61. The molecule has 2 unspecified atom stereocenters. The molecule has 3 nitrogen and oxygen atoms in total. The number of hydrogen-bond donors (Lipinski definition) is 1. The van der Waals surface area contributed by atoms with E-state index in [1.54, 1.807) is 0 Å². The quantitative estimate of drug-likeness (QED) is 0.756. The molecular weight excluding hydrogens is 186 g/mol. The molecule has 1 rings (SSSR count). The second-order valence-corrected chi connectivity index (χ2v) is 5.37. The van der Waals surface area contributed by atoms with Gasteiger partial charge in [-0.15, -0.1) is 0 Å². The molecule has 0 aliphatic carbocycles. The maximum Gasteiger partial charge on any atom is 0.0224 e. The highest BCUT2D eigenvalue weighted by molar-refractivity contribution is 4.84. The lowest BCUT2D eigenvalue weighted by Gasteiger charge is -2.43. The summed E-state index contributed by atoms with van der Waals surface area (Å²) < 4.78 is 0. The van der Waals surface area contributed by atoms with Crippen LogP contribution in [0.5, 0.6) is 0 Å². The topological polar surface area (TPSA) is 32.5 Å². The molecule has 1 aliphatic heterocycles. The summed E-state index contributed by atoms with van der Waals surface area (Å²) in [6, 6.07) is 1.23. The van der Waals surface area contributed by atoms with Crippen LogP contribution in [0.4, 0.5) is 0 Å².